The van der Waals surface area contributed by atoms with Crippen LogP contribution in [0.5, 0.6) is 0 Å². The molecule has 18 heavy (non-hydrogen) atoms. The maximum absolute atomic E-state index is 11.9. The highest BCUT2D eigenvalue weighted by atomic mass is 35.5. The van der Waals surface area contributed by atoms with Gasteiger partial charge in [0, 0.05) is 5.56 Å². The van der Waals surface area contributed by atoms with Gasteiger partial charge in [-0.2, -0.15) is 0 Å². The number of aromatic nitrogens is 1. The van der Waals surface area contributed by atoms with Gasteiger partial charge in [0.25, 0.3) is 11.7 Å². The Morgan fingerprint density at radius 3 is 2.89 bits per heavy atom. The lowest BCUT2D eigenvalue weighted by Crippen LogP contribution is -2.29. The zero-order chi connectivity index (χ0) is 12.7. The van der Waals surface area contributed by atoms with Gasteiger partial charge in [0.2, 0.25) is 0 Å². The summed E-state index contributed by atoms with van der Waals surface area (Å²) in [6.45, 7) is 0.213. The number of anilines is 1. The van der Waals surface area contributed by atoms with E-state index in [-0.39, 0.29) is 6.54 Å². The molecule has 90 valence electrons. The van der Waals surface area contributed by atoms with Crippen molar-refractivity contribution in [1.29, 1.82) is 0 Å². The zero-order valence-electron chi connectivity index (χ0n) is 9.09. The van der Waals surface area contributed by atoms with Crippen molar-refractivity contribution in [3.8, 4) is 0 Å². The first-order valence-electron chi connectivity index (χ1n) is 5.21. The highest BCUT2D eigenvalue weighted by molar-refractivity contribution is 6.54. The van der Waals surface area contributed by atoms with Crippen LogP contribution >= 0.6 is 11.6 Å². The number of carbonyl (C=O) groups excluding carboxylic acids is 2. The molecule has 0 atom stereocenters. The van der Waals surface area contributed by atoms with Crippen molar-refractivity contribution in [2.24, 2.45) is 0 Å². The van der Waals surface area contributed by atoms with Crippen molar-refractivity contribution in [1.82, 2.24) is 5.16 Å². The average Bonchev–Trinajstić information content (AvgIpc) is 2.94. The molecular weight excluding hydrogens is 256 g/mol. The van der Waals surface area contributed by atoms with Gasteiger partial charge in [-0.1, -0.05) is 22.8 Å². The van der Waals surface area contributed by atoms with E-state index in [4.69, 9.17) is 16.1 Å². The number of rotatable bonds is 2. The van der Waals surface area contributed by atoms with Crippen molar-refractivity contribution in [3.63, 3.8) is 0 Å². The Morgan fingerprint density at radius 2 is 2.17 bits per heavy atom. The van der Waals surface area contributed by atoms with Crippen molar-refractivity contribution in [2.45, 2.75) is 6.54 Å². The highest BCUT2D eigenvalue weighted by Gasteiger charge is 2.37. The molecule has 0 spiro atoms. The van der Waals surface area contributed by atoms with Crippen LogP contribution in [0.2, 0.25) is 5.02 Å². The van der Waals surface area contributed by atoms with Crippen molar-refractivity contribution < 1.29 is 14.1 Å². The number of nitrogens with zero attached hydrogens (tertiary/aromatic N) is 2. The molecule has 2 aromatic rings. The third kappa shape index (κ3) is 1.52. The van der Waals surface area contributed by atoms with Crippen LogP contribution < -0.4 is 4.90 Å². The second-order valence-corrected chi connectivity index (χ2v) is 4.30. The largest absolute Gasteiger partial charge is 0.364 e. The summed E-state index contributed by atoms with van der Waals surface area (Å²) in [4.78, 5) is 25.0. The van der Waals surface area contributed by atoms with Crippen LogP contribution in [0.3, 0.4) is 0 Å². The summed E-state index contributed by atoms with van der Waals surface area (Å²) in [7, 11) is 0. The lowest BCUT2D eigenvalue weighted by molar-refractivity contribution is -0.114. The van der Waals surface area contributed by atoms with E-state index in [1.54, 1.807) is 18.2 Å². The quantitative estimate of drug-likeness (QED) is 0.777. The summed E-state index contributed by atoms with van der Waals surface area (Å²) >= 11 is 6.05. The summed E-state index contributed by atoms with van der Waals surface area (Å²) in [5, 5.41) is 3.93. The minimum atomic E-state index is -0.584. The second kappa shape index (κ2) is 3.96. The summed E-state index contributed by atoms with van der Waals surface area (Å²) in [5.74, 6) is -1.12. The molecule has 5 nitrogen and oxygen atoms in total. The number of Topliss-reactive ketones (excluding diaryl/α,β-unsaturated/α-hetero) is 1. The normalized spacial score (nSPS) is 14.2. The lowest BCUT2D eigenvalue weighted by atomic mass is 10.1. The van der Waals surface area contributed by atoms with Crippen LogP contribution in [0.4, 0.5) is 5.69 Å². The van der Waals surface area contributed by atoms with Gasteiger partial charge in [-0.15, -0.1) is 0 Å². The molecule has 0 radical (unpaired) electrons. The van der Waals surface area contributed by atoms with Crippen molar-refractivity contribution in [2.75, 3.05) is 4.90 Å². The molecule has 0 unspecified atom stereocenters. The van der Waals surface area contributed by atoms with Gasteiger partial charge in [0.1, 0.15) is 6.26 Å². The average molecular weight is 263 g/mol. The predicted octanol–water partition coefficient (Wildman–Crippen LogP) is 2.06. The third-order valence-electron chi connectivity index (χ3n) is 2.76. The van der Waals surface area contributed by atoms with E-state index >= 15 is 0 Å². The van der Waals surface area contributed by atoms with Crippen LogP contribution in [0, 0.1) is 0 Å². The standard InChI is InChI=1S/C12H7ClN2O3/c13-9-3-1-2-8-10(9)15(12(17)11(8)16)5-7-4-14-18-6-7/h1-4,6H,5H2. The summed E-state index contributed by atoms with van der Waals surface area (Å²) in [6, 6.07) is 4.89. The lowest BCUT2D eigenvalue weighted by Gasteiger charge is -2.16. The number of halogens is 1. The smallest absolute Gasteiger partial charge is 0.299 e. The fraction of sp³-hybridized carbons (Fsp3) is 0.0833. The van der Waals surface area contributed by atoms with Crippen LogP contribution in [-0.2, 0) is 11.3 Å². The molecule has 1 aliphatic heterocycles. The Kier molecular flexibility index (Phi) is 2.41. The van der Waals surface area contributed by atoms with E-state index in [0.29, 0.717) is 21.8 Å². The van der Waals surface area contributed by atoms with Crippen LogP contribution in [0.1, 0.15) is 15.9 Å². The fourth-order valence-electron chi connectivity index (χ4n) is 1.95. The topological polar surface area (TPSA) is 63.4 Å². The zero-order valence-corrected chi connectivity index (χ0v) is 9.85. The van der Waals surface area contributed by atoms with E-state index < -0.39 is 11.7 Å². The first kappa shape index (κ1) is 11.0. The second-order valence-electron chi connectivity index (χ2n) is 3.89. The molecule has 0 bridgehead atoms. The molecule has 0 fully saturated rings. The van der Waals surface area contributed by atoms with Crippen LogP contribution in [0.15, 0.2) is 35.2 Å². The van der Waals surface area contributed by atoms with E-state index in [9.17, 15) is 9.59 Å². The highest BCUT2D eigenvalue weighted by Crippen LogP contribution is 2.36. The van der Waals surface area contributed by atoms with Gasteiger partial charge in [0.15, 0.2) is 0 Å². The summed E-state index contributed by atoms with van der Waals surface area (Å²) in [5.41, 5.74) is 1.49. The van der Waals surface area contributed by atoms with Gasteiger partial charge >= 0.3 is 0 Å². The molecule has 1 amide bonds. The number of para-hydroxylation sites is 1. The predicted molar refractivity (Wildman–Crippen MR) is 63.5 cm³/mol. The number of hydrogen-bond donors (Lipinski definition) is 0. The van der Waals surface area contributed by atoms with Crippen LogP contribution in [0.25, 0.3) is 0 Å². The number of hydrogen-bond acceptors (Lipinski definition) is 4. The summed E-state index contributed by atoms with van der Waals surface area (Å²) in [6.07, 6.45) is 2.92. The van der Waals surface area contributed by atoms with Crippen LogP contribution in [-0.4, -0.2) is 16.8 Å². The molecule has 2 heterocycles. The molecule has 0 N–H and O–H groups in total. The van der Waals surface area contributed by atoms with Gasteiger partial charge in [-0.3, -0.25) is 14.5 Å². The molecule has 0 saturated carbocycles. The Labute approximate surface area is 107 Å². The first-order chi connectivity index (χ1) is 8.68. The Bertz CT molecular complexity index is 637. The van der Waals surface area contributed by atoms with E-state index in [1.807, 2.05) is 0 Å². The number of amides is 1. The minimum absolute atomic E-state index is 0.213. The number of carbonyl (C=O) groups is 2. The van der Waals surface area contributed by atoms with Crippen molar-refractivity contribution >= 4 is 29.0 Å². The molecule has 0 aliphatic carbocycles. The van der Waals surface area contributed by atoms with Gasteiger partial charge in [-0.05, 0) is 12.1 Å². The fourth-order valence-corrected chi connectivity index (χ4v) is 2.23. The molecule has 1 aromatic heterocycles. The van der Waals surface area contributed by atoms with E-state index in [2.05, 4.69) is 5.16 Å². The van der Waals surface area contributed by atoms with E-state index in [0.717, 1.165) is 0 Å². The Hall–Kier alpha value is -2.14. The minimum Gasteiger partial charge on any atom is -0.364 e. The molecule has 3 rings (SSSR count). The number of ketones is 1. The molecular formula is C12H7ClN2O3. The molecule has 6 heteroatoms. The molecule has 1 aromatic carbocycles. The Balaban J connectivity index is 2.07. The maximum Gasteiger partial charge on any atom is 0.299 e. The van der Waals surface area contributed by atoms with Gasteiger partial charge in [0.05, 0.1) is 29.0 Å². The third-order valence-corrected chi connectivity index (χ3v) is 3.07. The van der Waals surface area contributed by atoms with Gasteiger partial charge in [-0.25, -0.2) is 0 Å². The van der Waals surface area contributed by atoms with E-state index in [1.165, 1.54) is 17.4 Å². The first-order valence-corrected chi connectivity index (χ1v) is 5.59. The molecule has 1 aliphatic rings. The SMILES string of the molecule is O=C1C(=O)N(Cc2cnoc2)c2c(Cl)cccc21. The summed E-state index contributed by atoms with van der Waals surface area (Å²) < 4.78 is 4.70. The number of benzene rings is 1. The van der Waals surface area contributed by atoms with Crippen molar-refractivity contribution in [3.05, 3.63) is 46.8 Å². The maximum atomic E-state index is 11.9. The molecule has 0 saturated heterocycles. The monoisotopic (exact) mass is 262 g/mol. The Morgan fingerprint density at radius 1 is 1.33 bits per heavy atom. The van der Waals surface area contributed by atoms with Gasteiger partial charge < -0.3 is 4.52 Å². The number of fused-ring (bicyclic) bond motifs is 1.